The van der Waals surface area contributed by atoms with Crippen molar-refractivity contribution >= 4 is 35.0 Å². The lowest BCUT2D eigenvalue weighted by Gasteiger charge is -2.30. The number of nitrogens with zero attached hydrogens (tertiary/aromatic N) is 1. The van der Waals surface area contributed by atoms with E-state index in [1.807, 2.05) is 43.3 Å². The molecule has 3 heterocycles. The SMILES string of the molecule is Cc1cc(Cl)c2c(c1)[C@]1(N[C@@H](Cc3ccc(O)cc3)[C@H]3C(=O)N(CCc4ccccc4)C(=O)[C@@H]31)C(=O)N2. The third-order valence-electron chi connectivity index (χ3n) is 7.87. The van der Waals surface area contributed by atoms with Crippen molar-refractivity contribution in [2.45, 2.75) is 31.3 Å². The van der Waals surface area contributed by atoms with Crippen molar-refractivity contribution in [1.29, 1.82) is 0 Å². The highest BCUT2D eigenvalue weighted by molar-refractivity contribution is 6.35. The second-order valence-corrected chi connectivity index (χ2v) is 10.5. The van der Waals surface area contributed by atoms with Crippen molar-refractivity contribution in [3.63, 3.8) is 0 Å². The first-order valence-corrected chi connectivity index (χ1v) is 12.7. The highest BCUT2D eigenvalue weighted by Gasteiger charge is 2.70. The number of carbonyl (C=O) groups is 3. The van der Waals surface area contributed by atoms with Gasteiger partial charge in [0.25, 0.3) is 0 Å². The van der Waals surface area contributed by atoms with Crippen LogP contribution in [0.2, 0.25) is 5.02 Å². The van der Waals surface area contributed by atoms with E-state index in [0.29, 0.717) is 29.1 Å². The number of nitrogens with one attached hydrogen (secondary N) is 2. The Balaban J connectivity index is 1.42. The van der Waals surface area contributed by atoms with Gasteiger partial charge in [0, 0.05) is 18.2 Å². The Morgan fingerprint density at radius 1 is 0.973 bits per heavy atom. The summed E-state index contributed by atoms with van der Waals surface area (Å²) in [5.41, 5.74) is 2.46. The van der Waals surface area contributed by atoms with Crippen LogP contribution >= 0.6 is 11.6 Å². The molecule has 0 radical (unpaired) electrons. The van der Waals surface area contributed by atoms with Crippen LogP contribution in [-0.4, -0.2) is 40.3 Å². The first-order chi connectivity index (χ1) is 17.8. The molecular weight excluding hydrogens is 490 g/mol. The number of carbonyl (C=O) groups excluding carboxylic acids is 3. The van der Waals surface area contributed by atoms with Gasteiger partial charge in [0.1, 0.15) is 11.3 Å². The fraction of sp³-hybridized carbons (Fsp3) is 0.276. The van der Waals surface area contributed by atoms with E-state index < -0.39 is 23.4 Å². The molecule has 1 spiro atoms. The molecule has 0 aliphatic carbocycles. The van der Waals surface area contributed by atoms with Crippen LogP contribution in [0.25, 0.3) is 0 Å². The Bertz CT molecular complexity index is 1430. The molecule has 37 heavy (non-hydrogen) atoms. The molecule has 3 aromatic rings. The number of phenolic OH excluding ortho intramolecular Hbond substituents is 1. The van der Waals surface area contributed by atoms with E-state index in [-0.39, 0.29) is 30.0 Å². The van der Waals surface area contributed by atoms with Gasteiger partial charge in [0.2, 0.25) is 17.7 Å². The third-order valence-corrected chi connectivity index (χ3v) is 8.17. The average Bonchev–Trinajstić information content (AvgIpc) is 3.45. The Labute approximate surface area is 219 Å². The molecular formula is C29H26ClN3O4. The predicted molar refractivity (Wildman–Crippen MR) is 139 cm³/mol. The van der Waals surface area contributed by atoms with Gasteiger partial charge in [-0.05, 0) is 54.7 Å². The number of likely N-dealkylation sites (tertiary alicyclic amines) is 1. The minimum Gasteiger partial charge on any atom is -0.508 e. The number of benzene rings is 3. The van der Waals surface area contributed by atoms with Crippen LogP contribution < -0.4 is 10.6 Å². The van der Waals surface area contributed by atoms with E-state index in [2.05, 4.69) is 10.6 Å². The molecule has 6 rings (SSSR count). The second kappa shape index (κ2) is 8.71. The van der Waals surface area contributed by atoms with Gasteiger partial charge < -0.3 is 10.4 Å². The number of phenols is 1. The van der Waals surface area contributed by atoms with Crippen LogP contribution in [0.4, 0.5) is 5.69 Å². The van der Waals surface area contributed by atoms with Gasteiger partial charge in [-0.15, -0.1) is 0 Å². The minimum atomic E-state index is -1.40. The van der Waals surface area contributed by atoms with Gasteiger partial charge in [0.05, 0.1) is 22.5 Å². The second-order valence-electron chi connectivity index (χ2n) is 10.1. The molecule has 3 aliphatic heterocycles. The van der Waals surface area contributed by atoms with Crippen LogP contribution in [0.15, 0.2) is 66.7 Å². The summed E-state index contributed by atoms with van der Waals surface area (Å²) < 4.78 is 0. The number of halogens is 1. The van der Waals surface area contributed by atoms with Crippen LogP contribution in [0.3, 0.4) is 0 Å². The lowest BCUT2D eigenvalue weighted by atomic mass is 9.76. The Kier molecular flexibility index (Phi) is 5.58. The summed E-state index contributed by atoms with van der Waals surface area (Å²) in [6, 6.07) is 19.6. The molecule has 188 valence electrons. The van der Waals surface area contributed by atoms with E-state index in [4.69, 9.17) is 11.6 Å². The monoisotopic (exact) mass is 515 g/mol. The highest BCUT2D eigenvalue weighted by Crippen LogP contribution is 2.54. The predicted octanol–water partition coefficient (Wildman–Crippen LogP) is 3.56. The number of imide groups is 1. The number of hydrogen-bond donors (Lipinski definition) is 3. The summed E-state index contributed by atoms with van der Waals surface area (Å²) in [6.07, 6.45) is 0.950. The van der Waals surface area contributed by atoms with Gasteiger partial charge >= 0.3 is 0 Å². The Morgan fingerprint density at radius 2 is 1.70 bits per heavy atom. The smallest absolute Gasteiger partial charge is 0.250 e. The molecule has 2 fully saturated rings. The number of fused-ring (bicyclic) bond motifs is 4. The standard InChI is InChI=1S/C29H26ClN3O4/c1-16-13-20-25(21(30)14-16)31-28(37)29(20)24-23(22(32-29)15-18-7-9-19(34)10-8-18)26(35)33(27(24)36)12-11-17-5-3-2-4-6-17/h2-10,13-14,22-24,32,34H,11-12,15H2,1H3,(H,31,37)/t22-,23+,24+,29+/m0/s1. The third kappa shape index (κ3) is 3.64. The Hall–Kier alpha value is -3.68. The van der Waals surface area contributed by atoms with Crippen molar-refractivity contribution in [2.75, 3.05) is 11.9 Å². The first-order valence-electron chi connectivity index (χ1n) is 12.4. The first kappa shape index (κ1) is 23.7. The van der Waals surface area contributed by atoms with Gasteiger partial charge in [0.15, 0.2) is 0 Å². The zero-order chi connectivity index (χ0) is 25.9. The normalized spacial score (nSPS) is 26.1. The minimum absolute atomic E-state index is 0.144. The Morgan fingerprint density at radius 3 is 2.43 bits per heavy atom. The van der Waals surface area contributed by atoms with Crippen molar-refractivity contribution < 1.29 is 19.5 Å². The molecule has 3 N–H and O–H groups in total. The van der Waals surface area contributed by atoms with E-state index in [0.717, 1.165) is 16.7 Å². The van der Waals surface area contributed by atoms with Crippen molar-refractivity contribution in [2.24, 2.45) is 11.8 Å². The molecule has 4 atom stereocenters. The summed E-state index contributed by atoms with van der Waals surface area (Å²) in [7, 11) is 0. The fourth-order valence-electron chi connectivity index (χ4n) is 6.22. The van der Waals surface area contributed by atoms with Crippen LogP contribution in [-0.2, 0) is 32.8 Å². The van der Waals surface area contributed by atoms with Crippen LogP contribution in [0.1, 0.15) is 22.3 Å². The summed E-state index contributed by atoms with van der Waals surface area (Å²) in [5.74, 6) is -2.44. The molecule has 3 aromatic carbocycles. The molecule has 0 bridgehead atoms. The van der Waals surface area contributed by atoms with Crippen molar-refractivity contribution in [3.05, 3.63) is 94.0 Å². The lowest BCUT2D eigenvalue weighted by Crippen LogP contribution is -2.53. The number of rotatable bonds is 5. The van der Waals surface area contributed by atoms with E-state index in [1.54, 1.807) is 30.3 Å². The summed E-state index contributed by atoms with van der Waals surface area (Å²) in [6.45, 7) is 2.14. The van der Waals surface area contributed by atoms with E-state index >= 15 is 0 Å². The number of aromatic hydroxyl groups is 1. The van der Waals surface area contributed by atoms with E-state index in [9.17, 15) is 19.5 Å². The highest BCUT2D eigenvalue weighted by atomic mass is 35.5. The van der Waals surface area contributed by atoms with Crippen LogP contribution in [0.5, 0.6) is 5.75 Å². The summed E-state index contributed by atoms with van der Waals surface area (Å²) in [4.78, 5) is 42.8. The van der Waals surface area contributed by atoms with Gasteiger partial charge in [-0.25, -0.2) is 0 Å². The number of aryl methyl sites for hydroxylation is 1. The maximum Gasteiger partial charge on any atom is 0.250 e. The van der Waals surface area contributed by atoms with Crippen LogP contribution in [0, 0.1) is 18.8 Å². The maximum absolute atomic E-state index is 14.0. The van der Waals surface area contributed by atoms with Crippen molar-refractivity contribution in [3.8, 4) is 5.75 Å². The quantitative estimate of drug-likeness (QED) is 0.451. The molecule has 3 amide bonds. The molecule has 7 nitrogen and oxygen atoms in total. The summed E-state index contributed by atoms with van der Waals surface area (Å²) >= 11 is 6.51. The maximum atomic E-state index is 14.0. The molecule has 2 saturated heterocycles. The van der Waals surface area contributed by atoms with Gasteiger partial charge in [-0.3, -0.25) is 24.6 Å². The number of amides is 3. The molecule has 8 heteroatoms. The fourth-order valence-corrected chi connectivity index (χ4v) is 6.54. The van der Waals surface area contributed by atoms with Crippen molar-refractivity contribution in [1.82, 2.24) is 10.2 Å². The molecule has 3 aliphatic rings. The zero-order valence-corrected chi connectivity index (χ0v) is 21.0. The topological polar surface area (TPSA) is 98.7 Å². The number of hydrogen-bond acceptors (Lipinski definition) is 5. The molecule has 0 unspecified atom stereocenters. The van der Waals surface area contributed by atoms with Gasteiger partial charge in [-0.1, -0.05) is 60.1 Å². The molecule has 0 saturated carbocycles. The zero-order valence-electron chi connectivity index (χ0n) is 20.2. The van der Waals surface area contributed by atoms with E-state index in [1.165, 1.54) is 4.90 Å². The largest absolute Gasteiger partial charge is 0.508 e. The average molecular weight is 516 g/mol. The summed E-state index contributed by atoms with van der Waals surface area (Å²) in [5, 5.41) is 16.4. The lowest BCUT2D eigenvalue weighted by molar-refractivity contribution is -0.142. The molecule has 0 aromatic heterocycles. The number of anilines is 1. The van der Waals surface area contributed by atoms with Gasteiger partial charge in [-0.2, -0.15) is 0 Å².